The number of nitrogens with one attached hydrogen (secondary N) is 1. The third kappa shape index (κ3) is 3.35. The van der Waals surface area contributed by atoms with Gasteiger partial charge in [-0.05, 0) is 14.0 Å². The van der Waals surface area contributed by atoms with Crippen molar-refractivity contribution in [2.45, 2.75) is 12.8 Å². The quantitative estimate of drug-likeness (QED) is 0.345. The summed E-state index contributed by atoms with van der Waals surface area (Å²) in [4.78, 5) is 25.9. The van der Waals surface area contributed by atoms with E-state index in [1.165, 1.54) is 6.92 Å². The number of nitrogens with zero attached hydrogens (tertiary/aromatic N) is 1. The molecule has 2 aliphatic heterocycles. The van der Waals surface area contributed by atoms with Crippen LogP contribution in [0.25, 0.3) is 0 Å². The van der Waals surface area contributed by atoms with Gasteiger partial charge in [0.15, 0.2) is 29.1 Å². The number of carbonyl (C=O) groups is 2. The fourth-order valence-electron chi connectivity index (χ4n) is 3.40. The average Bonchev–Trinajstić information content (AvgIpc) is 2.66. The molecule has 1 atom stereocenters. The van der Waals surface area contributed by atoms with Crippen LogP contribution in [-0.2, 0) is 14.3 Å². The number of Topliss-reactive ketones (excluding diaryl/α,β-unsaturated/α-hetero) is 1. The Labute approximate surface area is 161 Å². The van der Waals surface area contributed by atoms with Crippen molar-refractivity contribution < 1.29 is 41.0 Å². The summed E-state index contributed by atoms with van der Waals surface area (Å²) in [5.41, 5.74) is -1.29. The molecule has 3 rings (SSSR count). The Bertz CT molecular complexity index is 960. The largest absolute Gasteiger partial charge is 0.513 e. The highest BCUT2D eigenvalue weighted by atomic mass is 19.2. The van der Waals surface area contributed by atoms with E-state index < -0.39 is 58.3 Å². The fourth-order valence-corrected chi connectivity index (χ4v) is 3.40. The number of dihydropyridines is 1. The molecule has 11 heteroatoms. The number of allylic oxidation sites excluding steroid dienone is 2. The first kappa shape index (κ1) is 20.8. The van der Waals surface area contributed by atoms with E-state index in [-0.39, 0.29) is 30.1 Å². The molecule has 1 aromatic rings. The van der Waals surface area contributed by atoms with Crippen LogP contribution in [0.4, 0.5) is 26.7 Å². The Morgan fingerprint density at radius 3 is 2.14 bits per heavy atom. The highest BCUT2D eigenvalue weighted by molar-refractivity contribution is 6.01. The fraction of sp³-hybridized carbons (Fsp3) is 0.333. The van der Waals surface area contributed by atoms with Crippen molar-refractivity contribution in [2.75, 3.05) is 27.2 Å². The summed E-state index contributed by atoms with van der Waals surface area (Å²) in [5, 5.41) is 2.80. The number of ether oxygens (including phenoxy) is 2. The van der Waals surface area contributed by atoms with Gasteiger partial charge in [0.25, 0.3) is 0 Å². The van der Waals surface area contributed by atoms with Crippen LogP contribution in [0.2, 0.25) is 0 Å². The predicted octanol–water partition coefficient (Wildman–Crippen LogP) is 2.85. The van der Waals surface area contributed by atoms with Crippen molar-refractivity contribution in [3.05, 3.63) is 57.4 Å². The molecule has 1 aromatic carbocycles. The number of ketones is 1. The summed E-state index contributed by atoms with van der Waals surface area (Å²) in [7, 11) is 2.57. The topological polar surface area (TPSA) is 67.9 Å². The van der Waals surface area contributed by atoms with Gasteiger partial charge in [-0.2, -0.15) is 0 Å². The van der Waals surface area contributed by atoms with Gasteiger partial charge in [-0.25, -0.2) is 26.7 Å². The van der Waals surface area contributed by atoms with Crippen LogP contribution in [0.15, 0.2) is 22.7 Å². The smallest absolute Gasteiger partial charge is 0.437 e. The molecular weight excluding hydrogens is 403 g/mol. The van der Waals surface area contributed by atoms with E-state index in [0.29, 0.717) is 0 Å². The maximum Gasteiger partial charge on any atom is 0.513 e. The molecule has 156 valence electrons. The monoisotopic (exact) mass is 418 g/mol. The number of benzene rings is 1. The number of rotatable bonds is 2. The molecule has 0 spiro atoms. The lowest BCUT2D eigenvalue weighted by Gasteiger charge is -2.36. The van der Waals surface area contributed by atoms with Crippen LogP contribution in [0.3, 0.4) is 0 Å². The Kier molecular flexibility index (Phi) is 5.35. The second-order valence-corrected chi connectivity index (χ2v) is 6.57. The van der Waals surface area contributed by atoms with Crippen molar-refractivity contribution >= 4 is 11.9 Å². The molecule has 2 aliphatic rings. The van der Waals surface area contributed by atoms with Gasteiger partial charge in [0.05, 0.1) is 25.3 Å². The van der Waals surface area contributed by atoms with E-state index in [9.17, 15) is 31.5 Å². The number of likely N-dealkylation sites (N-methyl/N-ethyl adjacent to an activating group) is 1. The van der Waals surface area contributed by atoms with Gasteiger partial charge in [0.1, 0.15) is 5.76 Å². The molecule has 0 bridgehead atoms. The molecule has 1 unspecified atom stereocenters. The van der Waals surface area contributed by atoms with E-state index in [1.54, 1.807) is 11.9 Å². The summed E-state index contributed by atoms with van der Waals surface area (Å²) in [6, 6.07) is 0. The molecule has 0 amide bonds. The predicted molar refractivity (Wildman–Crippen MR) is 87.8 cm³/mol. The minimum atomic E-state index is -2.34. The Morgan fingerprint density at radius 1 is 1.03 bits per heavy atom. The number of carbonyl (C=O) groups excluding carboxylic acids is 2. The number of hydrogen-bond donors (Lipinski definition) is 1. The van der Waals surface area contributed by atoms with Gasteiger partial charge in [-0.3, -0.25) is 9.69 Å². The summed E-state index contributed by atoms with van der Waals surface area (Å²) in [6.45, 7) is 1.33. The van der Waals surface area contributed by atoms with E-state index in [0.717, 1.165) is 7.11 Å². The molecular formula is C18H15F5N2O4. The molecule has 1 N–H and O–H groups in total. The summed E-state index contributed by atoms with van der Waals surface area (Å²) >= 11 is 0. The molecule has 0 radical (unpaired) electrons. The summed E-state index contributed by atoms with van der Waals surface area (Å²) in [6.07, 6.45) is -1.29. The maximum atomic E-state index is 14.6. The van der Waals surface area contributed by atoms with E-state index in [2.05, 4.69) is 10.1 Å². The lowest BCUT2D eigenvalue weighted by atomic mass is 9.80. The Balaban J connectivity index is 2.32. The molecule has 0 saturated carbocycles. The first-order chi connectivity index (χ1) is 13.6. The van der Waals surface area contributed by atoms with Crippen LogP contribution in [0.1, 0.15) is 18.4 Å². The molecule has 0 fully saturated rings. The van der Waals surface area contributed by atoms with E-state index >= 15 is 0 Å². The maximum absolute atomic E-state index is 14.6. The number of hydrogen-bond acceptors (Lipinski definition) is 6. The first-order valence-corrected chi connectivity index (χ1v) is 8.28. The highest BCUT2D eigenvalue weighted by Gasteiger charge is 2.43. The summed E-state index contributed by atoms with van der Waals surface area (Å²) < 4.78 is 79.7. The van der Waals surface area contributed by atoms with Crippen molar-refractivity contribution in [1.82, 2.24) is 10.2 Å². The van der Waals surface area contributed by atoms with Gasteiger partial charge in [-0.1, -0.05) is 0 Å². The standard InChI is InChI=1S/C18H15F5N2O4/c1-6-17(29-18(27)28-3)10(9-7(24-6)4-25(2)5-8(9)26)11-12(19)14(21)16(23)15(22)13(11)20/h10,24H,4-5H2,1-3H3. The highest BCUT2D eigenvalue weighted by Crippen LogP contribution is 2.43. The molecule has 29 heavy (non-hydrogen) atoms. The van der Waals surface area contributed by atoms with Crippen LogP contribution in [-0.4, -0.2) is 44.1 Å². The summed E-state index contributed by atoms with van der Waals surface area (Å²) in [5.74, 6) is -13.9. The zero-order chi connectivity index (χ0) is 21.6. The lowest BCUT2D eigenvalue weighted by Crippen LogP contribution is -2.43. The zero-order valence-electron chi connectivity index (χ0n) is 15.5. The lowest BCUT2D eigenvalue weighted by molar-refractivity contribution is -0.117. The van der Waals surface area contributed by atoms with Crippen molar-refractivity contribution in [2.24, 2.45) is 0 Å². The van der Waals surface area contributed by atoms with Crippen molar-refractivity contribution in [1.29, 1.82) is 0 Å². The SMILES string of the molecule is COC(=O)OC1=C(C)NC2=C(C(=O)CN(C)C2)C1c1c(F)c(F)c(F)c(F)c1F. The van der Waals surface area contributed by atoms with E-state index in [1.807, 2.05) is 0 Å². The normalized spacial score (nSPS) is 19.9. The number of methoxy groups -OCH3 is 1. The van der Waals surface area contributed by atoms with Crippen molar-refractivity contribution in [3.8, 4) is 0 Å². The molecule has 0 aliphatic carbocycles. The average molecular weight is 418 g/mol. The van der Waals surface area contributed by atoms with Crippen LogP contribution < -0.4 is 5.32 Å². The molecule has 6 nitrogen and oxygen atoms in total. The van der Waals surface area contributed by atoms with Crippen LogP contribution in [0, 0.1) is 29.1 Å². The minimum absolute atomic E-state index is 0.0474. The third-order valence-corrected chi connectivity index (χ3v) is 4.62. The van der Waals surface area contributed by atoms with Crippen LogP contribution in [0.5, 0.6) is 0 Å². The second-order valence-electron chi connectivity index (χ2n) is 6.57. The number of halogens is 5. The molecule has 0 aromatic heterocycles. The first-order valence-electron chi connectivity index (χ1n) is 8.28. The van der Waals surface area contributed by atoms with Gasteiger partial charge >= 0.3 is 6.16 Å². The molecule has 2 heterocycles. The van der Waals surface area contributed by atoms with Gasteiger partial charge in [0, 0.05) is 23.4 Å². The Morgan fingerprint density at radius 2 is 1.59 bits per heavy atom. The molecule has 0 saturated heterocycles. The van der Waals surface area contributed by atoms with Crippen LogP contribution >= 0.6 is 0 Å². The van der Waals surface area contributed by atoms with Gasteiger partial charge in [-0.15, -0.1) is 0 Å². The van der Waals surface area contributed by atoms with Crippen molar-refractivity contribution in [3.63, 3.8) is 0 Å². The minimum Gasteiger partial charge on any atom is -0.437 e. The second kappa shape index (κ2) is 7.47. The zero-order valence-corrected chi connectivity index (χ0v) is 15.5. The van der Waals surface area contributed by atoms with Gasteiger partial charge in [0.2, 0.25) is 5.82 Å². The van der Waals surface area contributed by atoms with E-state index in [4.69, 9.17) is 4.74 Å². The van der Waals surface area contributed by atoms with Gasteiger partial charge < -0.3 is 14.8 Å². The third-order valence-electron chi connectivity index (χ3n) is 4.62. The Hall–Kier alpha value is -2.95.